The lowest BCUT2D eigenvalue weighted by molar-refractivity contribution is 0.566. The fraction of sp³-hybridized carbons (Fsp3) is 0.357. The first kappa shape index (κ1) is 14.0. The maximum absolute atomic E-state index is 13.0. The number of hydrogen-bond donors (Lipinski definition) is 1. The second kappa shape index (κ2) is 7.26. The second-order valence-electron chi connectivity index (χ2n) is 4.42. The van der Waals surface area contributed by atoms with E-state index in [9.17, 15) is 4.39 Å². The minimum Gasteiger partial charge on any atom is -0.337 e. The van der Waals surface area contributed by atoms with Crippen LogP contribution in [-0.2, 0) is 13.1 Å². The average molecular weight is 282 g/mol. The van der Waals surface area contributed by atoms with Gasteiger partial charge in [-0.3, -0.25) is 0 Å². The molecule has 5 heteroatoms. The van der Waals surface area contributed by atoms with Gasteiger partial charge in [0, 0.05) is 30.5 Å². The standard InChI is InChI=1S/C14H17ClFN3/c15-14-4-3-13(16)9-12(14)10-17-5-1-2-7-19-8-6-18-11-19/h3-4,6,8-9,11,17H,1-2,5,7,10H2. The van der Waals surface area contributed by atoms with Gasteiger partial charge in [0.1, 0.15) is 5.82 Å². The van der Waals surface area contributed by atoms with Crippen LogP contribution in [0.1, 0.15) is 18.4 Å². The molecule has 1 N–H and O–H groups in total. The predicted molar refractivity (Wildman–Crippen MR) is 74.6 cm³/mol. The third-order valence-electron chi connectivity index (χ3n) is 2.90. The lowest BCUT2D eigenvalue weighted by Crippen LogP contribution is -2.15. The van der Waals surface area contributed by atoms with Gasteiger partial charge in [0.15, 0.2) is 0 Å². The quantitative estimate of drug-likeness (QED) is 0.790. The first-order chi connectivity index (χ1) is 9.25. The van der Waals surface area contributed by atoms with Crippen LogP contribution in [0.3, 0.4) is 0 Å². The summed E-state index contributed by atoms with van der Waals surface area (Å²) in [5.41, 5.74) is 0.802. The van der Waals surface area contributed by atoms with Crippen molar-refractivity contribution in [3.8, 4) is 0 Å². The SMILES string of the molecule is Fc1ccc(Cl)c(CNCCCCn2ccnc2)c1. The molecule has 1 aromatic heterocycles. The van der Waals surface area contributed by atoms with E-state index in [0.717, 1.165) is 31.5 Å². The summed E-state index contributed by atoms with van der Waals surface area (Å²) in [6.45, 7) is 2.46. The highest BCUT2D eigenvalue weighted by Gasteiger charge is 2.01. The minimum absolute atomic E-state index is 0.249. The molecule has 0 spiro atoms. The fourth-order valence-electron chi connectivity index (χ4n) is 1.87. The molecular weight excluding hydrogens is 265 g/mol. The molecule has 0 unspecified atom stereocenters. The highest BCUT2D eigenvalue weighted by Crippen LogP contribution is 2.16. The van der Waals surface area contributed by atoms with Crippen LogP contribution in [0, 0.1) is 5.82 Å². The molecule has 3 nitrogen and oxygen atoms in total. The number of hydrogen-bond acceptors (Lipinski definition) is 2. The maximum atomic E-state index is 13.0. The van der Waals surface area contributed by atoms with Crippen molar-refractivity contribution in [1.29, 1.82) is 0 Å². The van der Waals surface area contributed by atoms with Crippen molar-refractivity contribution in [2.45, 2.75) is 25.9 Å². The molecule has 0 saturated heterocycles. The number of rotatable bonds is 7. The summed E-state index contributed by atoms with van der Waals surface area (Å²) < 4.78 is 15.1. The number of aromatic nitrogens is 2. The Labute approximate surface area is 117 Å². The van der Waals surface area contributed by atoms with Gasteiger partial charge >= 0.3 is 0 Å². The molecule has 19 heavy (non-hydrogen) atoms. The number of unbranched alkanes of at least 4 members (excludes halogenated alkanes) is 1. The average Bonchev–Trinajstić information content (AvgIpc) is 2.90. The van der Waals surface area contributed by atoms with Crippen LogP contribution in [0.25, 0.3) is 0 Å². The van der Waals surface area contributed by atoms with Crippen molar-refractivity contribution in [1.82, 2.24) is 14.9 Å². The third-order valence-corrected chi connectivity index (χ3v) is 3.27. The molecule has 2 rings (SSSR count). The molecule has 1 aromatic carbocycles. The Hall–Kier alpha value is -1.39. The molecular formula is C14H17ClFN3. The Morgan fingerprint density at radius 3 is 3.00 bits per heavy atom. The summed E-state index contributed by atoms with van der Waals surface area (Å²) in [5, 5.41) is 3.88. The van der Waals surface area contributed by atoms with Crippen molar-refractivity contribution < 1.29 is 4.39 Å². The Bertz CT molecular complexity index is 499. The first-order valence-electron chi connectivity index (χ1n) is 6.36. The molecule has 0 bridgehead atoms. The zero-order valence-electron chi connectivity index (χ0n) is 10.6. The first-order valence-corrected chi connectivity index (χ1v) is 6.74. The Morgan fingerprint density at radius 2 is 2.21 bits per heavy atom. The number of imidazole rings is 1. The van der Waals surface area contributed by atoms with E-state index in [1.807, 2.05) is 12.5 Å². The topological polar surface area (TPSA) is 29.9 Å². The highest BCUT2D eigenvalue weighted by atomic mass is 35.5. The zero-order valence-corrected chi connectivity index (χ0v) is 11.4. The summed E-state index contributed by atoms with van der Waals surface area (Å²) >= 11 is 5.99. The van der Waals surface area contributed by atoms with Crippen molar-refractivity contribution >= 4 is 11.6 Å². The molecule has 0 aliphatic heterocycles. The molecule has 0 saturated carbocycles. The molecule has 1 heterocycles. The molecule has 2 aromatic rings. The van der Waals surface area contributed by atoms with Crippen LogP contribution >= 0.6 is 11.6 Å². The van der Waals surface area contributed by atoms with Gasteiger partial charge in [-0.15, -0.1) is 0 Å². The van der Waals surface area contributed by atoms with Crippen LogP contribution in [0.2, 0.25) is 5.02 Å². The Morgan fingerprint density at radius 1 is 1.32 bits per heavy atom. The van der Waals surface area contributed by atoms with Crippen molar-refractivity contribution in [2.75, 3.05) is 6.54 Å². The third kappa shape index (κ3) is 4.65. The van der Waals surface area contributed by atoms with E-state index >= 15 is 0 Å². The summed E-state index contributed by atoms with van der Waals surface area (Å²) in [6.07, 6.45) is 7.70. The van der Waals surface area contributed by atoms with E-state index in [4.69, 9.17) is 11.6 Å². The number of aryl methyl sites for hydroxylation is 1. The van der Waals surface area contributed by atoms with Gasteiger partial charge in [-0.05, 0) is 43.1 Å². The van der Waals surface area contributed by atoms with E-state index in [0.29, 0.717) is 11.6 Å². The molecule has 0 aliphatic carbocycles. The lowest BCUT2D eigenvalue weighted by Gasteiger charge is -2.07. The van der Waals surface area contributed by atoms with Crippen molar-refractivity contribution in [3.05, 3.63) is 53.3 Å². The van der Waals surface area contributed by atoms with Crippen LogP contribution in [-0.4, -0.2) is 16.1 Å². The fourth-order valence-corrected chi connectivity index (χ4v) is 2.05. The zero-order chi connectivity index (χ0) is 13.5. The summed E-state index contributed by atoms with van der Waals surface area (Å²) in [6, 6.07) is 4.44. The van der Waals surface area contributed by atoms with Crippen LogP contribution < -0.4 is 5.32 Å². The van der Waals surface area contributed by atoms with E-state index in [1.165, 1.54) is 12.1 Å². The molecule has 102 valence electrons. The van der Waals surface area contributed by atoms with Gasteiger partial charge < -0.3 is 9.88 Å². The van der Waals surface area contributed by atoms with E-state index in [1.54, 1.807) is 12.3 Å². The van der Waals surface area contributed by atoms with Gasteiger partial charge in [-0.25, -0.2) is 9.37 Å². The molecule has 0 aliphatic rings. The van der Waals surface area contributed by atoms with Crippen LogP contribution in [0.5, 0.6) is 0 Å². The molecule has 0 atom stereocenters. The number of benzene rings is 1. The van der Waals surface area contributed by atoms with Gasteiger partial charge in [0.25, 0.3) is 0 Å². The van der Waals surface area contributed by atoms with Gasteiger partial charge in [-0.1, -0.05) is 11.6 Å². The van der Waals surface area contributed by atoms with Crippen LogP contribution in [0.15, 0.2) is 36.9 Å². The van der Waals surface area contributed by atoms with Gasteiger partial charge in [0.2, 0.25) is 0 Å². The Balaban J connectivity index is 1.62. The van der Waals surface area contributed by atoms with Gasteiger partial charge in [-0.2, -0.15) is 0 Å². The van der Waals surface area contributed by atoms with Crippen LogP contribution in [0.4, 0.5) is 4.39 Å². The minimum atomic E-state index is -0.249. The van der Waals surface area contributed by atoms with Crippen molar-refractivity contribution in [3.63, 3.8) is 0 Å². The second-order valence-corrected chi connectivity index (χ2v) is 4.83. The Kier molecular flexibility index (Phi) is 5.36. The van der Waals surface area contributed by atoms with E-state index in [2.05, 4.69) is 14.9 Å². The monoisotopic (exact) mass is 281 g/mol. The summed E-state index contributed by atoms with van der Waals surface area (Å²) in [5.74, 6) is -0.249. The summed E-state index contributed by atoms with van der Waals surface area (Å²) in [7, 11) is 0. The maximum Gasteiger partial charge on any atom is 0.123 e. The molecule has 0 amide bonds. The predicted octanol–water partition coefficient (Wildman–Crippen LogP) is 3.25. The molecule has 0 fully saturated rings. The largest absolute Gasteiger partial charge is 0.337 e. The van der Waals surface area contributed by atoms with E-state index in [-0.39, 0.29) is 5.82 Å². The van der Waals surface area contributed by atoms with E-state index < -0.39 is 0 Å². The number of nitrogens with one attached hydrogen (secondary N) is 1. The smallest absolute Gasteiger partial charge is 0.123 e. The summed E-state index contributed by atoms with van der Waals surface area (Å²) in [4.78, 5) is 3.99. The number of nitrogens with zero attached hydrogens (tertiary/aromatic N) is 2. The molecule has 0 radical (unpaired) electrons. The van der Waals surface area contributed by atoms with Crippen molar-refractivity contribution in [2.24, 2.45) is 0 Å². The number of halogens is 2. The van der Waals surface area contributed by atoms with Gasteiger partial charge in [0.05, 0.1) is 6.33 Å². The normalized spacial score (nSPS) is 10.8. The lowest BCUT2D eigenvalue weighted by atomic mass is 10.2. The highest BCUT2D eigenvalue weighted by molar-refractivity contribution is 6.31.